The molecule has 9 heavy (non-hydrogen) atoms. The number of ether oxygens (including phenoxy) is 1. The lowest BCUT2D eigenvalue weighted by atomic mass is 10.2. The Kier molecular flexibility index (Phi) is 4.01. The van der Waals surface area contributed by atoms with Crippen molar-refractivity contribution in [2.24, 2.45) is 0 Å². The van der Waals surface area contributed by atoms with Gasteiger partial charge in [0.25, 0.3) is 0 Å². The smallest absolute Gasteiger partial charge is 0.104 e. The average Bonchev–Trinajstić information content (AvgIpc) is 1.90. The molecular formula is C7H12O2. The van der Waals surface area contributed by atoms with Gasteiger partial charge in [0.1, 0.15) is 12.2 Å². The van der Waals surface area contributed by atoms with Crippen LogP contribution in [0, 0.1) is 0 Å². The summed E-state index contributed by atoms with van der Waals surface area (Å²) in [6.07, 6.45) is 1.97. The van der Waals surface area contributed by atoms with Crippen LogP contribution in [-0.2, 0) is 4.74 Å². The first-order valence-corrected chi connectivity index (χ1v) is 2.72. The van der Waals surface area contributed by atoms with Crippen molar-refractivity contribution in [1.29, 1.82) is 0 Å². The lowest BCUT2D eigenvalue weighted by Crippen LogP contribution is -2.22. The molecule has 2 heteroatoms. The van der Waals surface area contributed by atoms with Gasteiger partial charge in [0.15, 0.2) is 0 Å². The second-order valence-corrected chi connectivity index (χ2v) is 1.66. The van der Waals surface area contributed by atoms with E-state index in [4.69, 9.17) is 9.84 Å². The van der Waals surface area contributed by atoms with Crippen molar-refractivity contribution >= 4 is 0 Å². The lowest BCUT2D eigenvalue weighted by molar-refractivity contribution is 0.0433. The molecule has 0 bridgehead atoms. The Hall–Kier alpha value is -0.600. The van der Waals surface area contributed by atoms with Gasteiger partial charge in [0.2, 0.25) is 0 Å². The van der Waals surface area contributed by atoms with Crippen LogP contribution in [0.2, 0.25) is 0 Å². The second-order valence-electron chi connectivity index (χ2n) is 1.66. The fourth-order valence-electron chi connectivity index (χ4n) is 0.509. The molecule has 0 heterocycles. The summed E-state index contributed by atoms with van der Waals surface area (Å²) in [6, 6.07) is 0. The number of hydrogen-bond donors (Lipinski definition) is 1. The van der Waals surface area contributed by atoms with E-state index in [-0.39, 0.29) is 6.10 Å². The Labute approximate surface area is 55.5 Å². The van der Waals surface area contributed by atoms with Crippen molar-refractivity contribution < 1.29 is 9.84 Å². The Morgan fingerprint density at radius 2 is 2.00 bits per heavy atom. The summed E-state index contributed by atoms with van der Waals surface area (Å²) in [5, 5.41) is 9.00. The van der Waals surface area contributed by atoms with Crippen LogP contribution in [0.4, 0.5) is 0 Å². The second kappa shape index (κ2) is 4.30. The van der Waals surface area contributed by atoms with Gasteiger partial charge in [0, 0.05) is 7.11 Å². The number of aliphatic hydroxyl groups excluding tert-OH is 1. The average molecular weight is 128 g/mol. The molecule has 0 aromatic rings. The van der Waals surface area contributed by atoms with E-state index < -0.39 is 6.10 Å². The van der Waals surface area contributed by atoms with E-state index >= 15 is 0 Å². The first-order valence-electron chi connectivity index (χ1n) is 2.72. The monoisotopic (exact) mass is 128 g/mol. The predicted octanol–water partition coefficient (Wildman–Crippen LogP) is 0.734. The summed E-state index contributed by atoms with van der Waals surface area (Å²) in [5.41, 5.74) is 0. The van der Waals surface area contributed by atoms with Gasteiger partial charge in [-0.25, -0.2) is 0 Å². The maximum absolute atomic E-state index is 9.00. The molecular weight excluding hydrogens is 116 g/mol. The molecule has 0 spiro atoms. The van der Waals surface area contributed by atoms with Crippen LogP contribution in [0.1, 0.15) is 0 Å². The van der Waals surface area contributed by atoms with Crippen LogP contribution in [0.3, 0.4) is 0 Å². The number of methoxy groups -OCH3 is 1. The number of hydrogen-bond acceptors (Lipinski definition) is 2. The molecule has 0 fully saturated rings. The van der Waals surface area contributed by atoms with Crippen molar-refractivity contribution in [2.45, 2.75) is 12.2 Å². The van der Waals surface area contributed by atoms with Gasteiger partial charge in [-0.1, -0.05) is 12.2 Å². The highest BCUT2D eigenvalue weighted by Gasteiger charge is 2.09. The van der Waals surface area contributed by atoms with Gasteiger partial charge >= 0.3 is 0 Å². The SMILES string of the molecule is C=C[C@@H](O)[C@@H](C=C)OC. The fraction of sp³-hybridized carbons (Fsp3) is 0.429. The molecule has 0 aliphatic heterocycles. The van der Waals surface area contributed by atoms with E-state index in [1.54, 1.807) is 0 Å². The highest BCUT2D eigenvalue weighted by atomic mass is 16.5. The quantitative estimate of drug-likeness (QED) is 0.566. The molecule has 0 rings (SSSR count). The zero-order valence-corrected chi connectivity index (χ0v) is 5.58. The first-order chi connectivity index (χ1) is 4.26. The zero-order valence-electron chi connectivity index (χ0n) is 5.58. The largest absolute Gasteiger partial charge is 0.386 e. The predicted molar refractivity (Wildman–Crippen MR) is 37.2 cm³/mol. The van der Waals surface area contributed by atoms with Crippen LogP contribution < -0.4 is 0 Å². The van der Waals surface area contributed by atoms with Crippen LogP contribution in [0.5, 0.6) is 0 Å². The Morgan fingerprint density at radius 1 is 1.44 bits per heavy atom. The summed E-state index contributed by atoms with van der Waals surface area (Å²) in [6.45, 7) is 6.87. The molecule has 52 valence electrons. The minimum atomic E-state index is -0.646. The van der Waals surface area contributed by atoms with Crippen molar-refractivity contribution in [3.63, 3.8) is 0 Å². The van der Waals surface area contributed by atoms with Crippen molar-refractivity contribution in [3.8, 4) is 0 Å². The highest BCUT2D eigenvalue weighted by Crippen LogP contribution is 1.98. The van der Waals surface area contributed by atoms with Gasteiger partial charge in [0.05, 0.1) is 0 Å². The van der Waals surface area contributed by atoms with E-state index in [0.717, 1.165) is 0 Å². The molecule has 2 nitrogen and oxygen atoms in total. The van der Waals surface area contributed by atoms with Crippen molar-refractivity contribution in [2.75, 3.05) is 7.11 Å². The summed E-state index contributed by atoms with van der Waals surface area (Å²) >= 11 is 0. The molecule has 1 N–H and O–H groups in total. The van der Waals surface area contributed by atoms with Crippen LogP contribution in [-0.4, -0.2) is 24.4 Å². The molecule has 0 aliphatic carbocycles. The molecule has 0 amide bonds. The van der Waals surface area contributed by atoms with Crippen molar-refractivity contribution in [3.05, 3.63) is 25.3 Å². The number of aliphatic hydroxyl groups is 1. The number of rotatable bonds is 4. The fourth-order valence-corrected chi connectivity index (χ4v) is 0.509. The van der Waals surface area contributed by atoms with Gasteiger partial charge in [-0.05, 0) is 0 Å². The van der Waals surface area contributed by atoms with E-state index in [2.05, 4.69) is 13.2 Å². The third-order valence-corrected chi connectivity index (χ3v) is 1.08. The minimum Gasteiger partial charge on any atom is -0.386 e. The Bertz CT molecular complexity index is 99.1. The molecule has 0 aliphatic rings. The van der Waals surface area contributed by atoms with Crippen molar-refractivity contribution in [1.82, 2.24) is 0 Å². The topological polar surface area (TPSA) is 29.5 Å². The normalized spacial score (nSPS) is 16.2. The molecule has 0 saturated carbocycles. The summed E-state index contributed by atoms with van der Waals surface area (Å²) in [5.74, 6) is 0. The van der Waals surface area contributed by atoms with Gasteiger partial charge in [-0.15, -0.1) is 13.2 Å². The molecule has 0 unspecified atom stereocenters. The minimum absolute atomic E-state index is 0.331. The van der Waals surface area contributed by atoms with Gasteiger partial charge in [-0.3, -0.25) is 0 Å². The lowest BCUT2D eigenvalue weighted by Gasteiger charge is -2.13. The Balaban J connectivity index is 3.77. The van der Waals surface area contributed by atoms with Crippen LogP contribution in [0.15, 0.2) is 25.3 Å². The van der Waals surface area contributed by atoms with E-state index in [0.29, 0.717) is 0 Å². The highest BCUT2D eigenvalue weighted by molar-refractivity contribution is 4.94. The molecule has 0 saturated heterocycles. The summed E-state index contributed by atoms with van der Waals surface area (Å²) in [7, 11) is 1.51. The summed E-state index contributed by atoms with van der Waals surface area (Å²) < 4.78 is 4.81. The van der Waals surface area contributed by atoms with E-state index in [1.807, 2.05) is 0 Å². The maximum Gasteiger partial charge on any atom is 0.104 e. The van der Waals surface area contributed by atoms with Gasteiger partial charge in [-0.2, -0.15) is 0 Å². The van der Waals surface area contributed by atoms with Gasteiger partial charge < -0.3 is 9.84 Å². The first kappa shape index (κ1) is 8.40. The van der Waals surface area contributed by atoms with E-state index in [1.165, 1.54) is 19.3 Å². The molecule has 2 atom stereocenters. The zero-order chi connectivity index (χ0) is 7.28. The molecule has 0 radical (unpaired) electrons. The van der Waals surface area contributed by atoms with E-state index in [9.17, 15) is 0 Å². The molecule has 0 aromatic heterocycles. The van der Waals surface area contributed by atoms with Crippen LogP contribution >= 0.6 is 0 Å². The molecule has 0 aromatic carbocycles. The Morgan fingerprint density at radius 3 is 2.11 bits per heavy atom. The third-order valence-electron chi connectivity index (χ3n) is 1.08. The third kappa shape index (κ3) is 2.44. The standard InChI is InChI=1S/C7H12O2/c1-4-6(8)7(5-2)9-3/h4-8H,1-2H2,3H3/t6-,7-/m1/s1. The summed E-state index contributed by atoms with van der Waals surface area (Å²) in [4.78, 5) is 0. The van der Waals surface area contributed by atoms with Crippen LogP contribution in [0.25, 0.3) is 0 Å². The maximum atomic E-state index is 9.00.